The van der Waals surface area contributed by atoms with Crippen molar-refractivity contribution >= 4 is 38.8 Å². The molecule has 1 saturated carbocycles. The predicted octanol–water partition coefficient (Wildman–Crippen LogP) is 3.50. The molecule has 1 heterocycles. The van der Waals surface area contributed by atoms with Crippen molar-refractivity contribution in [2.24, 2.45) is 11.7 Å². The first kappa shape index (κ1) is 21.9. The first-order valence-corrected chi connectivity index (χ1v) is 12.1. The molecule has 31 heavy (non-hydrogen) atoms. The molecule has 0 aromatic heterocycles. The van der Waals surface area contributed by atoms with Crippen molar-refractivity contribution in [3.63, 3.8) is 0 Å². The van der Waals surface area contributed by atoms with E-state index in [-0.39, 0.29) is 35.0 Å². The van der Waals surface area contributed by atoms with E-state index >= 15 is 0 Å². The summed E-state index contributed by atoms with van der Waals surface area (Å²) >= 11 is 5.92. The molecule has 1 aliphatic carbocycles. The molecule has 1 aliphatic heterocycles. The van der Waals surface area contributed by atoms with Crippen LogP contribution in [0, 0.1) is 11.7 Å². The molecule has 0 unspecified atom stereocenters. The quantitative estimate of drug-likeness (QED) is 0.683. The largest absolute Gasteiger partial charge is 0.319 e. The van der Waals surface area contributed by atoms with Crippen molar-refractivity contribution in [2.45, 2.75) is 43.2 Å². The van der Waals surface area contributed by atoms with Crippen LogP contribution in [-0.4, -0.2) is 31.9 Å². The lowest BCUT2D eigenvalue weighted by molar-refractivity contribution is -0.119. The molecule has 2 N–H and O–H groups in total. The third-order valence-corrected chi connectivity index (χ3v) is 7.96. The second-order valence-corrected chi connectivity index (χ2v) is 10.6. The van der Waals surface area contributed by atoms with Gasteiger partial charge in [0, 0.05) is 11.4 Å². The normalized spacial score (nSPS) is 20.7. The number of sulfone groups is 1. The molecule has 0 radical (unpaired) electrons. The molecule has 0 saturated heterocycles. The zero-order chi connectivity index (χ0) is 22.3. The number of carbonyl (C=O) groups is 2. The number of anilines is 1. The molecule has 1 atom stereocenters. The van der Waals surface area contributed by atoms with Gasteiger partial charge in [0.05, 0.1) is 34.5 Å². The Balaban J connectivity index is 1.81. The third-order valence-electron chi connectivity index (χ3n) is 5.91. The van der Waals surface area contributed by atoms with Gasteiger partial charge < -0.3 is 10.6 Å². The Bertz CT molecular complexity index is 1150. The Morgan fingerprint density at radius 1 is 1.19 bits per heavy atom. The summed E-state index contributed by atoms with van der Waals surface area (Å²) in [5, 5.41) is 0.511. The SMILES string of the molecule is N[C@H]1CS(=O)(=O)c2cc(F)c(C(=O)CC3CCC3)cc2N(Cc2ccc(Cl)cc2)C1=O. The van der Waals surface area contributed by atoms with E-state index in [2.05, 4.69) is 0 Å². The molecule has 4 rings (SSSR count). The average Bonchev–Trinajstić information content (AvgIpc) is 2.74. The van der Waals surface area contributed by atoms with Crippen LogP contribution < -0.4 is 10.6 Å². The van der Waals surface area contributed by atoms with E-state index in [4.69, 9.17) is 17.3 Å². The molecule has 2 aliphatic rings. The highest BCUT2D eigenvalue weighted by molar-refractivity contribution is 7.91. The average molecular weight is 465 g/mol. The number of fused-ring (bicyclic) bond motifs is 1. The van der Waals surface area contributed by atoms with Gasteiger partial charge in [-0.15, -0.1) is 0 Å². The molecular weight excluding hydrogens is 443 g/mol. The number of amides is 1. The van der Waals surface area contributed by atoms with E-state index in [0.717, 1.165) is 25.3 Å². The lowest BCUT2D eigenvalue weighted by Gasteiger charge is -2.26. The molecule has 164 valence electrons. The van der Waals surface area contributed by atoms with Crippen LogP contribution in [0.5, 0.6) is 0 Å². The highest BCUT2D eigenvalue weighted by Gasteiger charge is 2.37. The smallest absolute Gasteiger partial charge is 0.245 e. The van der Waals surface area contributed by atoms with Gasteiger partial charge >= 0.3 is 0 Å². The second-order valence-electron chi connectivity index (χ2n) is 8.16. The van der Waals surface area contributed by atoms with Crippen LogP contribution in [-0.2, 0) is 21.2 Å². The minimum Gasteiger partial charge on any atom is -0.319 e. The van der Waals surface area contributed by atoms with Gasteiger partial charge in [-0.25, -0.2) is 12.8 Å². The Kier molecular flexibility index (Phi) is 5.89. The fourth-order valence-electron chi connectivity index (χ4n) is 3.94. The fraction of sp³-hybridized carbons (Fsp3) is 0.364. The van der Waals surface area contributed by atoms with Crippen LogP contribution in [0.3, 0.4) is 0 Å². The van der Waals surface area contributed by atoms with E-state index in [0.29, 0.717) is 10.6 Å². The van der Waals surface area contributed by atoms with Crippen molar-refractivity contribution in [3.8, 4) is 0 Å². The summed E-state index contributed by atoms with van der Waals surface area (Å²) in [4.78, 5) is 26.6. The van der Waals surface area contributed by atoms with Crippen LogP contribution in [0.4, 0.5) is 10.1 Å². The standard InChI is InChI=1S/C22H22ClFN2O4S/c23-15-6-4-14(5-7-15)11-26-19-9-16(20(27)8-13-2-1-3-13)17(24)10-21(19)31(29,30)12-18(25)22(26)28/h4-7,9-10,13,18H,1-3,8,11-12,25H2/t18-/m0/s1. The summed E-state index contributed by atoms with van der Waals surface area (Å²) in [6.07, 6.45) is 3.09. The summed E-state index contributed by atoms with van der Waals surface area (Å²) in [7, 11) is -4.03. The maximum atomic E-state index is 14.8. The van der Waals surface area contributed by atoms with Crippen molar-refractivity contribution in [3.05, 3.63) is 58.4 Å². The number of halogens is 2. The molecule has 0 bridgehead atoms. The number of Topliss-reactive ketones (excluding diaryl/α,β-unsaturated/α-hetero) is 1. The lowest BCUT2D eigenvalue weighted by atomic mass is 9.81. The van der Waals surface area contributed by atoms with Crippen molar-refractivity contribution in [1.29, 1.82) is 0 Å². The van der Waals surface area contributed by atoms with Crippen LogP contribution in [0.1, 0.15) is 41.6 Å². The monoisotopic (exact) mass is 464 g/mol. The molecule has 9 heteroatoms. The summed E-state index contributed by atoms with van der Waals surface area (Å²) in [6, 6.07) is 7.43. The van der Waals surface area contributed by atoms with Gasteiger partial charge in [0.1, 0.15) is 5.82 Å². The van der Waals surface area contributed by atoms with Gasteiger partial charge in [0.2, 0.25) is 5.91 Å². The second kappa shape index (κ2) is 8.33. The number of rotatable bonds is 5. The van der Waals surface area contributed by atoms with E-state index in [1.807, 2.05) is 0 Å². The minimum atomic E-state index is -4.03. The van der Waals surface area contributed by atoms with Crippen LogP contribution in [0.15, 0.2) is 41.3 Å². The van der Waals surface area contributed by atoms with Crippen LogP contribution in [0.25, 0.3) is 0 Å². The third kappa shape index (κ3) is 4.37. The number of nitrogens with zero attached hydrogens (tertiary/aromatic N) is 1. The van der Waals surface area contributed by atoms with E-state index in [9.17, 15) is 22.4 Å². The summed E-state index contributed by atoms with van der Waals surface area (Å²) in [5.74, 6) is -2.32. The highest BCUT2D eigenvalue weighted by Crippen LogP contribution is 2.36. The van der Waals surface area contributed by atoms with Gasteiger partial charge in [0.25, 0.3) is 0 Å². The number of carbonyl (C=O) groups excluding carboxylic acids is 2. The number of hydrogen-bond donors (Lipinski definition) is 1. The van der Waals surface area contributed by atoms with E-state index in [1.165, 1.54) is 11.0 Å². The van der Waals surface area contributed by atoms with E-state index < -0.39 is 39.1 Å². The molecule has 1 fully saturated rings. The summed E-state index contributed by atoms with van der Waals surface area (Å²) in [5.41, 5.74) is 6.33. The number of hydrogen-bond acceptors (Lipinski definition) is 5. The molecule has 0 spiro atoms. The topological polar surface area (TPSA) is 97.5 Å². The Morgan fingerprint density at radius 3 is 2.48 bits per heavy atom. The maximum absolute atomic E-state index is 14.8. The van der Waals surface area contributed by atoms with E-state index in [1.54, 1.807) is 24.3 Å². The van der Waals surface area contributed by atoms with Gasteiger partial charge in [-0.2, -0.15) is 0 Å². The van der Waals surface area contributed by atoms with Crippen LogP contribution >= 0.6 is 11.6 Å². The first-order chi connectivity index (χ1) is 14.7. The lowest BCUT2D eigenvalue weighted by Crippen LogP contribution is -2.45. The van der Waals surface area contributed by atoms with Gasteiger partial charge in [-0.05, 0) is 35.7 Å². The Hall–Kier alpha value is -2.29. The predicted molar refractivity (Wildman–Crippen MR) is 115 cm³/mol. The van der Waals surface area contributed by atoms with Crippen molar-refractivity contribution < 1.29 is 22.4 Å². The molecule has 1 amide bonds. The number of ketones is 1. The van der Waals surface area contributed by atoms with Crippen molar-refractivity contribution in [2.75, 3.05) is 10.7 Å². The van der Waals surface area contributed by atoms with Crippen molar-refractivity contribution in [1.82, 2.24) is 0 Å². The highest BCUT2D eigenvalue weighted by atomic mass is 35.5. The number of nitrogens with two attached hydrogens (primary N) is 1. The fourth-order valence-corrected chi connectivity index (χ4v) is 5.63. The zero-order valence-electron chi connectivity index (χ0n) is 16.7. The summed E-state index contributed by atoms with van der Waals surface area (Å²) < 4.78 is 40.5. The molecular formula is C22H22ClFN2O4S. The molecule has 2 aromatic carbocycles. The Labute approximate surface area is 185 Å². The van der Waals surface area contributed by atoms with Gasteiger partial charge in [-0.3, -0.25) is 9.59 Å². The zero-order valence-corrected chi connectivity index (χ0v) is 18.3. The summed E-state index contributed by atoms with van der Waals surface area (Å²) in [6.45, 7) is 0.00805. The Morgan fingerprint density at radius 2 is 1.87 bits per heavy atom. The first-order valence-electron chi connectivity index (χ1n) is 10.1. The van der Waals surface area contributed by atoms with Crippen LogP contribution in [0.2, 0.25) is 5.02 Å². The molecule has 2 aromatic rings. The number of benzene rings is 2. The minimum absolute atomic E-state index is 0.00805. The molecule has 6 nitrogen and oxygen atoms in total. The van der Waals surface area contributed by atoms with Gasteiger partial charge in [0.15, 0.2) is 15.6 Å². The maximum Gasteiger partial charge on any atom is 0.245 e. The van der Waals surface area contributed by atoms with Gasteiger partial charge in [-0.1, -0.05) is 43.0 Å².